The van der Waals surface area contributed by atoms with Crippen LogP contribution in [0.15, 0.2) is 0 Å². The zero-order valence-corrected chi connectivity index (χ0v) is 23.0. The molecule has 0 heterocycles. The maximum absolute atomic E-state index is 12.0. The average Bonchev–Trinajstić information content (AvgIpc) is 3.10. The molecule has 4 fully saturated rings. The molecule has 0 aliphatic heterocycles. The van der Waals surface area contributed by atoms with Crippen LogP contribution in [0, 0.1) is 46.3 Å². The average molecular weight is 472 g/mol. The standard InChI is InChI=1S/C26H43NO5.Na/c1-15(4-9-23(30)27-14-24(31)32)19-7-8-20-18-6-5-16-12-17(28)10-11-25(16,2)21(18)13-22(29)26(19,20)3;/h15-22,28-29H,4-14H2,1-3H3,(H,27,30)(H,31,32);/q;+1/p-1/t15-,16-,17-,18?,19-,20+,21?,22+,25+,26-;/m1./s1. The minimum atomic E-state index is -1.27. The van der Waals surface area contributed by atoms with E-state index in [4.69, 9.17) is 0 Å². The Hall–Kier alpha value is -0.140. The van der Waals surface area contributed by atoms with Gasteiger partial charge in [-0.05, 0) is 104 Å². The quantitative estimate of drug-likeness (QED) is 0.442. The van der Waals surface area contributed by atoms with Crippen LogP contribution in [-0.2, 0) is 9.59 Å². The molecule has 6 nitrogen and oxygen atoms in total. The van der Waals surface area contributed by atoms with Crippen molar-refractivity contribution in [1.29, 1.82) is 0 Å². The molecule has 0 aromatic heterocycles. The van der Waals surface area contributed by atoms with Crippen molar-refractivity contribution in [3.8, 4) is 0 Å². The number of hydrogen-bond acceptors (Lipinski definition) is 5. The van der Waals surface area contributed by atoms with E-state index in [9.17, 15) is 24.9 Å². The van der Waals surface area contributed by atoms with Crippen LogP contribution in [0.4, 0.5) is 0 Å². The maximum Gasteiger partial charge on any atom is 1.00 e. The first-order chi connectivity index (χ1) is 15.1. The fourth-order valence-corrected chi connectivity index (χ4v) is 8.98. The summed E-state index contributed by atoms with van der Waals surface area (Å²) in [6.45, 7) is 6.51. The molecule has 0 aromatic rings. The first-order valence-electron chi connectivity index (χ1n) is 12.9. The van der Waals surface area contributed by atoms with Crippen LogP contribution < -0.4 is 40.0 Å². The SMILES string of the molecule is C[C@H](CCC(=O)NCC(=O)[O-])[C@H]1CC[C@H]2C3CC[C@@H]4C[C@H](O)CC[C@]4(C)C3C[C@H](O)[C@]12C.[Na+]. The Morgan fingerprint density at radius 3 is 2.48 bits per heavy atom. The summed E-state index contributed by atoms with van der Waals surface area (Å²) in [6.07, 6.45) is 9.01. The topological polar surface area (TPSA) is 110 Å². The monoisotopic (exact) mass is 471 g/mol. The van der Waals surface area contributed by atoms with E-state index in [1.54, 1.807) is 0 Å². The third-order valence-corrected chi connectivity index (χ3v) is 10.8. The van der Waals surface area contributed by atoms with Gasteiger partial charge >= 0.3 is 29.6 Å². The van der Waals surface area contributed by atoms with Gasteiger partial charge in [0.05, 0.1) is 24.7 Å². The molecule has 10 atom stereocenters. The molecule has 4 rings (SSSR count). The number of carboxylic acids is 1. The van der Waals surface area contributed by atoms with Crippen LogP contribution in [0.25, 0.3) is 0 Å². The van der Waals surface area contributed by atoms with Crippen LogP contribution >= 0.6 is 0 Å². The summed E-state index contributed by atoms with van der Waals surface area (Å²) in [5.41, 5.74) is 0.130. The fraction of sp³-hybridized carbons (Fsp3) is 0.923. The minimum absolute atomic E-state index is 0. The van der Waals surface area contributed by atoms with E-state index < -0.39 is 12.5 Å². The van der Waals surface area contributed by atoms with Gasteiger partial charge in [0.25, 0.3) is 0 Å². The minimum Gasteiger partial charge on any atom is -0.548 e. The molecular formula is C26H42NNaO5. The number of carbonyl (C=O) groups excluding carboxylic acids is 2. The summed E-state index contributed by atoms with van der Waals surface area (Å²) >= 11 is 0. The van der Waals surface area contributed by atoms with E-state index in [1.807, 2.05) is 0 Å². The second kappa shape index (κ2) is 10.5. The molecule has 7 heteroatoms. The molecule has 33 heavy (non-hydrogen) atoms. The Kier molecular flexibility index (Phi) is 8.70. The molecule has 0 bridgehead atoms. The summed E-state index contributed by atoms with van der Waals surface area (Å²) in [5.74, 6) is 1.50. The molecule has 0 spiro atoms. The van der Waals surface area contributed by atoms with Gasteiger partial charge in [0.15, 0.2) is 0 Å². The Balaban J connectivity index is 0.00000306. The van der Waals surface area contributed by atoms with Gasteiger partial charge in [-0.1, -0.05) is 20.8 Å². The molecule has 0 saturated heterocycles. The largest absolute Gasteiger partial charge is 1.00 e. The molecule has 0 radical (unpaired) electrons. The summed E-state index contributed by atoms with van der Waals surface area (Å²) in [4.78, 5) is 22.6. The summed E-state index contributed by atoms with van der Waals surface area (Å²) in [6, 6.07) is 0. The molecule has 4 aliphatic rings. The Morgan fingerprint density at radius 1 is 1.06 bits per heavy atom. The second-order valence-corrected chi connectivity index (χ2v) is 12.1. The van der Waals surface area contributed by atoms with Gasteiger partial charge in [0, 0.05) is 6.42 Å². The number of fused-ring (bicyclic) bond motifs is 5. The number of nitrogens with one attached hydrogen (secondary N) is 1. The first kappa shape index (κ1) is 27.4. The van der Waals surface area contributed by atoms with Crippen molar-refractivity contribution < 1.29 is 54.5 Å². The number of aliphatic hydroxyl groups is 2. The van der Waals surface area contributed by atoms with Crippen LogP contribution in [0.2, 0.25) is 0 Å². The number of carbonyl (C=O) groups is 2. The van der Waals surface area contributed by atoms with Crippen molar-refractivity contribution in [1.82, 2.24) is 5.32 Å². The van der Waals surface area contributed by atoms with Gasteiger partial charge in [-0.15, -0.1) is 0 Å². The van der Waals surface area contributed by atoms with Crippen molar-refractivity contribution in [2.75, 3.05) is 6.54 Å². The Bertz CT molecular complexity index is 733. The van der Waals surface area contributed by atoms with E-state index in [0.29, 0.717) is 48.3 Å². The summed E-state index contributed by atoms with van der Waals surface area (Å²) < 4.78 is 0. The molecule has 4 aliphatic carbocycles. The van der Waals surface area contributed by atoms with Crippen molar-refractivity contribution in [3.63, 3.8) is 0 Å². The van der Waals surface area contributed by atoms with Crippen molar-refractivity contribution >= 4 is 11.9 Å². The van der Waals surface area contributed by atoms with Crippen LogP contribution in [0.5, 0.6) is 0 Å². The number of carboxylic acid groups (broad SMARTS) is 1. The molecule has 1 amide bonds. The van der Waals surface area contributed by atoms with E-state index in [-0.39, 0.29) is 58.5 Å². The molecule has 3 N–H and O–H groups in total. The zero-order valence-electron chi connectivity index (χ0n) is 21.0. The summed E-state index contributed by atoms with van der Waals surface area (Å²) in [5, 5.41) is 34.8. The van der Waals surface area contributed by atoms with Crippen LogP contribution in [-0.4, -0.2) is 40.8 Å². The van der Waals surface area contributed by atoms with Crippen molar-refractivity contribution in [3.05, 3.63) is 0 Å². The number of amides is 1. The number of hydrogen-bond donors (Lipinski definition) is 3. The van der Waals surface area contributed by atoms with Crippen molar-refractivity contribution in [2.45, 2.75) is 97.2 Å². The normalized spacial score (nSPS) is 45.1. The second-order valence-electron chi connectivity index (χ2n) is 12.1. The van der Waals surface area contributed by atoms with Gasteiger partial charge in [0.2, 0.25) is 5.91 Å². The smallest absolute Gasteiger partial charge is 0.548 e. The van der Waals surface area contributed by atoms with E-state index in [1.165, 1.54) is 12.8 Å². The van der Waals surface area contributed by atoms with Gasteiger partial charge < -0.3 is 25.4 Å². The fourth-order valence-electron chi connectivity index (χ4n) is 8.98. The third-order valence-electron chi connectivity index (χ3n) is 10.8. The van der Waals surface area contributed by atoms with Gasteiger partial charge in [0.1, 0.15) is 0 Å². The number of aliphatic hydroxyl groups excluding tert-OH is 2. The molecular weight excluding hydrogens is 429 g/mol. The number of rotatable bonds is 6. The Labute approximate surface area is 221 Å². The molecule has 4 saturated carbocycles. The van der Waals surface area contributed by atoms with Crippen LogP contribution in [0.1, 0.15) is 85.0 Å². The molecule has 182 valence electrons. The predicted molar refractivity (Wildman–Crippen MR) is 119 cm³/mol. The van der Waals surface area contributed by atoms with Crippen molar-refractivity contribution in [2.24, 2.45) is 46.3 Å². The zero-order chi connectivity index (χ0) is 23.3. The third kappa shape index (κ3) is 4.94. The molecule has 2 unspecified atom stereocenters. The molecule has 0 aromatic carbocycles. The van der Waals surface area contributed by atoms with Gasteiger partial charge in [-0.3, -0.25) is 4.79 Å². The van der Waals surface area contributed by atoms with E-state index >= 15 is 0 Å². The first-order valence-corrected chi connectivity index (χ1v) is 12.9. The predicted octanol–water partition coefficient (Wildman–Crippen LogP) is -0.737. The van der Waals surface area contributed by atoms with Gasteiger partial charge in [-0.25, -0.2) is 0 Å². The maximum atomic E-state index is 12.0. The Morgan fingerprint density at radius 2 is 1.79 bits per heavy atom. The number of aliphatic carboxylic acids is 1. The summed E-state index contributed by atoms with van der Waals surface area (Å²) in [7, 11) is 0. The van der Waals surface area contributed by atoms with Gasteiger partial charge in [-0.2, -0.15) is 0 Å². The van der Waals surface area contributed by atoms with Crippen LogP contribution in [0.3, 0.4) is 0 Å². The van der Waals surface area contributed by atoms with E-state index in [0.717, 1.165) is 38.5 Å². The van der Waals surface area contributed by atoms with E-state index in [2.05, 4.69) is 26.1 Å².